The van der Waals surface area contributed by atoms with E-state index in [1.54, 1.807) is 0 Å². The molecule has 1 aliphatic heterocycles. The first-order valence-electron chi connectivity index (χ1n) is 5.98. The first-order valence-corrected chi connectivity index (χ1v) is 5.98. The van der Waals surface area contributed by atoms with Crippen molar-refractivity contribution >= 4 is 6.21 Å². The van der Waals surface area contributed by atoms with E-state index < -0.39 is 0 Å². The maximum Gasteiger partial charge on any atom is 0.115 e. The average molecular weight is 206 g/mol. The summed E-state index contributed by atoms with van der Waals surface area (Å²) in [4.78, 5) is 4.44. The molecule has 0 aromatic heterocycles. The van der Waals surface area contributed by atoms with E-state index in [0.717, 1.165) is 5.92 Å². The molecule has 2 unspecified atom stereocenters. The fraction of sp³-hybridized carbons (Fsp3) is 0.769. The fourth-order valence-electron chi connectivity index (χ4n) is 2.50. The SMILES string of the molecule is CC1N=CC2=C(CCC(C(C)(C)C)C2)N1. The van der Waals surface area contributed by atoms with Crippen LogP contribution in [0.3, 0.4) is 0 Å². The Kier molecular flexibility index (Phi) is 2.61. The molecule has 0 fully saturated rings. The summed E-state index contributed by atoms with van der Waals surface area (Å²) in [7, 11) is 0. The number of nitrogens with one attached hydrogen (secondary N) is 1. The van der Waals surface area contributed by atoms with Crippen molar-refractivity contribution < 1.29 is 0 Å². The van der Waals surface area contributed by atoms with Crippen LogP contribution in [0, 0.1) is 11.3 Å². The van der Waals surface area contributed by atoms with Crippen LogP contribution in [0.5, 0.6) is 0 Å². The Morgan fingerprint density at radius 3 is 2.80 bits per heavy atom. The van der Waals surface area contributed by atoms with Crippen LogP contribution in [0.15, 0.2) is 16.3 Å². The Balaban J connectivity index is 2.12. The molecule has 1 aliphatic carbocycles. The van der Waals surface area contributed by atoms with Crippen LogP contribution in [-0.2, 0) is 0 Å². The maximum atomic E-state index is 4.44. The third kappa shape index (κ3) is 2.24. The standard InChI is InChI=1S/C13H22N2/c1-9-14-8-10-7-11(13(2,3)4)5-6-12(10)15-9/h8-9,11,15H,5-7H2,1-4H3. The molecule has 15 heavy (non-hydrogen) atoms. The molecule has 2 aliphatic rings. The number of hydrogen-bond donors (Lipinski definition) is 1. The lowest BCUT2D eigenvalue weighted by Gasteiger charge is -2.37. The molecule has 0 aromatic rings. The molecule has 0 radical (unpaired) electrons. The molecule has 0 amide bonds. The van der Waals surface area contributed by atoms with Crippen LogP contribution < -0.4 is 5.32 Å². The molecular formula is C13H22N2. The molecule has 0 bridgehead atoms. The second-order valence-electron chi connectivity index (χ2n) is 5.91. The van der Waals surface area contributed by atoms with E-state index in [2.05, 4.69) is 44.2 Å². The van der Waals surface area contributed by atoms with Crippen molar-refractivity contribution in [3.63, 3.8) is 0 Å². The molecule has 1 heterocycles. The van der Waals surface area contributed by atoms with Crippen molar-refractivity contribution in [1.29, 1.82) is 0 Å². The van der Waals surface area contributed by atoms with Crippen molar-refractivity contribution in [3.8, 4) is 0 Å². The Bertz CT molecular complexity index is 307. The Labute approximate surface area is 92.9 Å². The van der Waals surface area contributed by atoms with E-state index in [1.165, 1.54) is 30.5 Å². The second-order valence-corrected chi connectivity index (χ2v) is 5.91. The van der Waals surface area contributed by atoms with Gasteiger partial charge < -0.3 is 5.32 Å². The number of rotatable bonds is 0. The highest BCUT2D eigenvalue weighted by Crippen LogP contribution is 2.39. The minimum Gasteiger partial charge on any atom is -0.367 e. The molecule has 0 saturated heterocycles. The van der Waals surface area contributed by atoms with Gasteiger partial charge in [0.25, 0.3) is 0 Å². The zero-order valence-corrected chi connectivity index (χ0v) is 10.3. The van der Waals surface area contributed by atoms with Crippen molar-refractivity contribution in [2.45, 2.75) is 53.1 Å². The third-order valence-corrected chi connectivity index (χ3v) is 3.66. The van der Waals surface area contributed by atoms with Crippen LogP contribution in [0.25, 0.3) is 0 Å². The van der Waals surface area contributed by atoms with Gasteiger partial charge in [0.1, 0.15) is 6.17 Å². The Morgan fingerprint density at radius 1 is 1.40 bits per heavy atom. The zero-order valence-electron chi connectivity index (χ0n) is 10.3. The van der Waals surface area contributed by atoms with Crippen LogP contribution in [-0.4, -0.2) is 12.4 Å². The average Bonchev–Trinajstić information content (AvgIpc) is 2.15. The van der Waals surface area contributed by atoms with Crippen LogP contribution in [0.1, 0.15) is 47.0 Å². The number of hydrogen-bond acceptors (Lipinski definition) is 2. The highest BCUT2D eigenvalue weighted by atomic mass is 15.1. The topological polar surface area (TPSA) is 24.4 Å². The van der Waals surface area contributed by atoms with E-state index in [9.17, 15) is 0 Å². The highest BCUT2D eigenvalue weighted by molar-refractivity contribution is 5.81. The Hall–Kier alpha value is -0.790. The number of aliphatic imine (C=N–C) groups is 1. The zero-order chi connectivity index (χ0) is 11.1. The molecule has 2 atom stereocenters. The van der Waals surface area contributed by atoms with Crippen molar-refractivity contribution in [2.24, 2.45) is 16.3 Å². The van der Waals surface area contributed by atoms with Gasteiger partial charge in [0.15, 0.2) is 0 Å². The monoisotopic (exact) mass is 206 g/mol. The largest absolute Gasteiger partial charge is 0.367 e. The van der Waals surface area contributed by atoms with E-state index in [-0.39, 0.29) is 6.17 Å². The molecule has 2 rings (SSSR count). The molecule has 2 nitrogen and oxygen atoms in total. The van der Waals surface area contributed by atoms with Crippen molar-refractivity contribution in [3.05, 3.63) is 11.3 Å². The van der Waals surface area contributed by atoms with Gasteiger partial charge >= 0.3 is 0 Å². The summed E-state index contributed by atoms with van der Waals surface area (Å²) < 4.78 is 0. The first-order chi connectivity index (χ1) is 6.97. The molecule has 84 valence electrons. The van der Waals surface area contributed by atoms with Gasteiger partial charge in [-0.1, -0.05) is 20.8 Å². The summed E-state index contributed by atoms with van der Waals surface area (Å²) in [5.41, 5.74) is 3.31. The van der Waals surface area contributed by atoms with E-state index in [0.29, 0.717) is 5.41 Å². The number of allylic oxidation sites excluding steroid dienone is 2. The highest BCUT2D eigenvalue weighted by Gasteiger charge is 2.30. The quantitative estimate of drug-likeness (QED) is 0.647. The van der Waals surface area contributed by atoms with E-state index in [4.69, 9.17) is 0 Å². The van der Waals surface area contributed by atoms with Gasteiger partial charge in [0, 0.05) is 11.9 Å². The van der Waals surface area contributed by atoms with Crippen LogP contribution in [0.2, 0.25) is 0 Å². The molecule has 2 heteroatoms. The predicted molar refractivity (Wildman–Crippen MR) is 64.9 cm³/mol. The second kappa shape index (κ2) is 3.66. The summed E-state index contributed by atoms with van der Waals surface area (Å²) in [5, 5.41) is 3.47. The summed E-state index contributed by atoms with van der Waals surface area (Å²) in [6.07, 6.45) is 6.08. The molecule has 0 spiro atoms. The van der Waals surface area contributed by atoms with Crippen LogP contribution in [0.4, 0.5) is 0 Å². The van der Waals surface area contributed by atoms with Crippen molar-refractivity contribution in [2.75, 3.05) is 0 Å². The van der Waals surface area contributed by atoms with Gasteiger partial charge in [-0.05, 0) is 43.1 Å². The van der Waals surface area contributed by atoms with Gasteiger partial charge in [-0.25, -0.2) is 0 Å². The van der Waals surface area contributed by atoms with Gasteiger partial charge in [-0.2, -0.15) is 0 Å². The van der Waals surface area contributed by atoms with Gasteiger partial charge in [0.2, 0.25) is 0 Å². The summed E-state index contributed by atoms with van der Waals surface area (Å²) in [5.74, 6) is 0.804. The molecule has 0 aromatic carbocycles. The fourth-order valence-corrected chi connectivity index (χ4v) is 2.50. The predicted octanol–water partition coefficient (Wildman–Crippen LogP) is 3.11. The van der Waals surface area contributed by atoms with Gasteiger partial charge in [-0.3, -0.25) is 4.99 Å². The summed E-state index contributed by atoms with van der Waals surface area (Å²) >= 11 is 0. The molecule has 0 saturated carbocycles. The summed E-state index contributed by atoms with van der Waals surface area (Å²) in [6.45, 7) is 9.15. The van der Waals surface area contributed by atoms with Gasteiger partial charge in [0.05, 0.1) is 0 Å². The minimum atomic E-state index is 0.273. The lowest BCUT2D eigenvalue weighted by molar-refractivity contribution is 0.215. The normalized spacial score (nSPS) is 31.2. The third-order valence-electron chi connectivity index (χ3n) is 3.66. The molecular weight excluding hydrogens is 184 g/mol. The first kappa shape index (κ1) is 10.7. The Morgan fingerprint density at radius 2 is 2.13 bits per heavy atom. The van der Waals surface area contributed by atoms with Gasteiger partial charge in [-0.15, -0.1) is 0 Å². The molecule has 1 N–H and O–H groups in total. The van der Waals surface area contributed by atoms with Crippen molar-refractivity contribution in [1.82, 2.24) is 5.32 Å². The lowest BCUT2D eigenvalue weighted by atomic mass is 9.71. The maximum absolute atomic E-state index is 4.44. The number of nitrogens with zero attached hydrogens (tertiary/aromatic N) is 1. The van der Waals surface area contributed by atoms with E-state index >= 15 is 0 Å². The van der Waals surface area contributed by atoms with Crippen LogP contribution >= 0.6 is 0 Å². The lowest BCUT2D eigenvalue weighted by Crippen LogP contribution is -2.34. The smallest absolute Gasteiger partial charge is 0.115 e. The van der Waals surface area contributed by atoms with E-state index in [1.807, 2.05) is 0 Å². The minimum absolute atomic E-state index is 0.273. The summed E-state index contributed by atoms with van der Waals surface area (Å²) in [6, 6.07) is 0.